The largest absolute Gasteiger partial charge is 0.456 e. The average Bonchev–Trinajstić information content (AvgIpc) is 3.57. The molecule has 2 unspecified atom stereocenters. The van der Waals surface area contributed by atoms with Crippen LogP contribution in [0.5, 0.6) is 0 Å². The van der Waals surface area contributed by atoms with Crippen LogP contribution in [0, 0.1) is 0 Å². The number of furan rings is 1. The van der Waals surface area contributed by atoms with Crippen molar-refractivity contribution in [3.63, 3.8) is 0 Å². The molecule has 7 aromatic rings. The van der Waals surface area contributed by atoms with E-state index in [-0.39, 0.29) is 12.1 Å². The van der Waals surface area contributed by atoms with Crippen LogP contribution in [-0.2, 0) is 0 Å². The standard InChI is InChI=1S/C46H37N5O/c47-38-18-7-8-19-39(38)49-41-21-10-9-20-40(41)48-35-23-25-45-37(28-35)36-27-33(22-24-44(36)52-45)32-16-11-17-34(26-32)43-29-42(30-12-3-1-4-13-30)50-46(51-43)31-14-5-2-6-15-31/h1-8,11-19,22-29,38-39H,9-10,20-21,47H2. The molecule has 1 fully saturated rings. The summed E-state index contributed by atoms with van der Waals surface area (Å²) < 4.78 is 6.31. The van der Waals surface area contributed by atoms with Crippen LogP contribution in [0.3, 0.4) is 0 Å². The first-order valence-electron chi connectivity index (χ1n) is 18.0. The number of nitrogens with two attached hydrogens (primary N) is 1. The highest BCUT2D eigenvalue weighted by molar-refractivity contribution is 6.43. The van der Waals surface area contributed by atoms with Gasteiger partial charge in [0.2, 0.25) is 0 Å². The third-order valence-electron chi connectivity index (χ3n) is 9.90. The summed E-state index contributed by atoms with van der Waals surface area (Å²) in [4.78, 5) is 20.2. The Labute approximate surface area is 302 Å². The summed E-state index contributed by atoms with van der Waals surface area (Å²) >= 11 is 0. The number of fused-ring (bicyclic) bond motifs is 3. The molecule has 52 heavy (non-hydrogen) atoms. The van der Waals surface area contributed by atoms with E-state index in [4.69, 9.17) is 30.1 Å². The van der Waals surface area contributed by atoms with E-state index in [9.17, 15) is 0 Å². The van der Waals surface area contributed by atoms with Gasteiger partial charge in [-0.05, 0) is 79.3 Å². The number of hydrogen-bond donors (Lipinski definition) is 1. The van der Waals surface area contributed by atoms with E-state index in [1.165, 1.54) is 0 Å². The fourth-order valence-corrected chi connectivity index (χ4v) is 7.15. The molecule has 2 heterocycles. The fourth-order valence-electron chi connectivity index (χ4n) is 7.15. The summed E-state index contributed by atoms with van der Waals surface area (Å²) in [6.45, 7) is 0. The lowest BCUT2D eigenvalue weighted by Gasteiger charge is -2.21. The molecule has 9 rings (SSSR count). The number of aromatic nitrogens is 2. The zero-order chi connectivity index (χ0) is 34.9. The lowest BCUT2D eigenvalue weighted by Crippen LogP contribution is -2.33. The Morgan fingerprint density at radius 3 is 1.98 bits per heavy atom. The quantitative estimate of drug-likeness (QED) is 0.190. The van der Waals surface area contributed by atoms with Gasteiger partial charge in [-0.3, -0.25) is 9.98 Å². The summed E-state index contributed by atoms with van der Waals surface area (Å²) in [7, 11) is 0. The van der Waals surface area contributed by atoms with Crippen LogP contribution in [0.4, 0.5) is 5.69 Å². The van der Waals surface area contributed by atoms with Gasteiger partial charge in [-0.25, -0.2) is 9.97 Å². The molecule has 1 saturated carbocycles. The first-order chi connectivity index (χ1) is 25.6. The number of benzene rings is 5. The summed E-state index contributed by atoms with van der Waals surface area (Å²) in [5, 5.41) is 2.10. The van der Waals surface area contributed by atoms with Gasteiger partial charge in [-0.2, -0.15) is 0 Å². The van der Waals surface area contributed by atoms with E-state index in [0.717, 1.165) is 104 Å². The molecule has 0 aliphatic heterocycles. The minimum Gasteiger partial charge on any atom is -0.456 e. The average molecular weight is 676 g/mol. The summed E-state index contributed by atoms with van der Waals surface area (Å²) in [5.41, 5.74) is 18.1. The van der Waals surface area contributed by atoms with Crippen LogP contribution >= 0.6 is 0 Å². The van der Waals surface area contributed by atoms with E-state index < -0.39 is 0 Å². The molecule has 6 nitrogen and oxygen atoms in total. The minimum atomic E-state index is -0.108. The molecular weight excluding hydrogens is 639 g/mol. The van der Waals surface area contributed by atoms with Gasteiger partial charge in [0.15, 0.2) is 5.82 Å². The monoisotopic (exact) mass is 675 g/mol. The molecule has 2 atom stereocenters. The Hall–Kier alpha value is -6.24. The molecule has 2 N–H and O–H groups in total. The number of nitrogens with zero attached hydrogens (tertiary/aromatic N) is 4. The van der Waals surface area contributed by atoms with Crippen LogP contribution in [0.1, 0.15) is 25.7 Å². The van der Waals surface area contributed by atoms with Crippen LogP contribution in [0.2, 0.25) is 0 Å². The maximum absolute atomic E-state index is 6.34. The molecule has 0 bridgehead atoms. The van der Waals surface area contributed by atoms with E-state index >= 15 is 0 Å². The van der Waals surface area contributed by atoms with Crippen molar-refractivity contribution in [2.75, 3.05) is 0 Å². The second-order valence-electron chi connectivity index (χ2n) is 13.4. The maximum atomic E-state index is 6.34. The van der Waals surface area contributed by atoms with Crippen molar-refractivity contribution >= 4 is 39.0 Å². The van der Waals surface area contributed by atoms with Crippen molar-refractivity contribution in [1.82, 2.24) is 9.97 Å². The van der Waals surface area contributed by atoms with E-state index in [2.05, 4.69) is 84.9 Å². The Balaban J connectivity index is 1.08. The Kier molecular flexibility index (Phi) is 8.43. The van der Waals surface area contributed by atoms with Crippen LogP contribution in [-0.4, -0.2) is 33.5 Å². The van der Waals surface area contributed by atoms with Crippen molar-refractivity contribution in [2.24, 2.45) is 15.7 Å². The first kappa shape index (κ1) is 31.7. The molecule has 2 aromatic heterocycles. The van der Waals surface area contributed by atoms with Gasteiger partial charge in [0.25, 0.3) is 0 Å². The topological polar surface area (TPSA) is 89.7 Å². The molecule has 252 valence electrons. The lowest BCUT2D eigenvalue weighted by molar-refractivity contribution is 0.669. The molecule has 0 amide bonds. The molecule has 6 heteroatoms. The highest BCUT2D eigenvalue weighted by Gasteiger charge is 2.20. The minimum absolute atomic E-state index is 0.0494. The van der Waals surface area contributed by atoms with E-state index in [1.54, 1.807) is 0 Å². The first-order valence-corrected chi connectivity index (χ1v) is 18.0. The molecule has 0 radical (unpaired) electrons. The highest BCUT2D eigenvalue weighted by Crippen LogP contribution is 2.36. The summed E-state index contributed by atoms with van der Waals surface area (Å²) in [5.74, 6) is 0.700. The number of rotatable bonds is 6. The fraction of sp³-hybridized carbons (Fsp3) is 0.130. The summed E-state index contributed by atoms with van der Waals surface area (Å²) in [6.07, 6.45) is 12.2. The number of hydrogen-bond acceptors (Lipinski definition) is 6. The second kappa shape index (κ2) is 13.8. The molecule has 0 spiro atoms. The highest BCUT2D eigenvalue weighted by atomic mass is 16.3. The van der Waals surface area contributed by atoms with Crippen molar-refractivity contribution < 1.29 is 4.42 Å². The smallest absolute Gasteiger partial charge is 0.160 e. The third kappa shape index (κ3) is 6.41. The predicted octanol–water partition coefficient (Wildman–Crippen LogP) is 11.0. The molecule has 2 aliphatic carbocycles. The molecule has 0 saturated heterocycles. The zero-order valence-corrected chi connectivity index (χ0v) is 28.7. The van der Waals surface area contributed by atoms with Crippen molar-refractivity contribution in [1.29, 1.82) is 0 Å². The van der Waals surface area contributed by atoms with E-state index in [1.807, 2.05) is 66.8 Å². The SMILES string of the molecule is NC1C=CC=CC1N=C1CCCCC1=Nc1ccc2oc3ccc(-c4cccc(-c5cc(-c6ccccc6)nc(-c6ccccc6)n5)c4)cc3c2c1. The zero-order valence-electron chi connectivity index (χ0n) is 28.7. The van der Waals surface area contributed by atoms with Gasteiger partial charge in [0, 0.05) is 33.5 Å². The lowest BCUT2D eigenvalue weighted by atomic mass is 9.94. The number of aliphatic imine (C=N–C) groups is 2. The van der Waals surface area contributed by atoms with Crippen molar-refractivity contribution in [3.8, 4) is 45.0 Å². The Bertz CT molecular complexity index is 2490. The van der Waals surface area contributed by atoms with Crippen LogP contribution < -0.4 is 5.73 Å². The van der Waals surface area contributed by atoms with Crippen LogP contribution in [0.15, 0.2) is 166 Å². The molecule has 2 aliphatic rings. The summed E-state index contributed by atoms with van der Waals surface area (Å²) in [6, 6.07) is 43.5. The van der Waals surface area contributed by atoms with Gasteiger partial charge < -0.3 is 10.2 Å². The second-order valence-corrected chi connectivity index (χ2v) is 13.4. The molecule has 5 aromatic carbocycles. The van der Waals surface area contributed by atoms with Gasteiger partial charge in [-0.15, -0.1) is 0 Å². The van der Waals surface area contributed by atoms with Gasteiger partial charge in [0.05, 0.1) is 34.5 Å². The predicted molar refractivity (Wildman–Crippen MR) is 214 cm³/mol. The van der Waals surface area contributed by atoms with Gasteiger partial charge in [-0.1, -0.05) is 109 Å². The Morgan fingerprint density at radius 2 is 1.19 bits per heavy atom. The van der Waals surface area contributed by atoms with Crippen molar-refractivity contribution in [3.05, 3.63) is 152 Å². The normalized spacial score (nSPS) is 18.9. The maximum Gasteiger partial charge on any atom is 0.160 e. The molecular formula is C46H37N5O. The van der Waals surface area contributed by atoms with E-state index in [0.29, 0.717) is 5.82 Å². The van der Waals surface area contributed by atoms with Crippen LogP contribution in [0.25, 0.3) is 67.0 Å². The van der Waals surface area contributed by atoms with Crippen molar-refractivity contribution in [2.45, 2.75) is 37.8 Å². The third-order valence-corrected chi connectivity index (χ3v) is 9.90. The van der Waals surface area contributed by atoms with Gasteiger partial charge in [0.1, 0.15) is 11.2 Å². The number of allylic oxidation sites excluding steroid dienone is 2. The Morgan fingerprint density at radius 1 is 0.558 bits per heavy atom. The van der Waals surface area contributed by atoms with Gasteiger partial charge >= 0.3 is 0 Å².